The molecule has 3 rings (SSSR count). The van der Waals surface area contributed by atoms with E-state index in [1.807, 2.05) is 30.5 Å². The number of ether oxygens (including phenoxy) is 3. The lowest BCUT2D eigenvalue weighted by Crippen LogP contribution is -1.99. The molecular weight excluding hydrogens is 396 g/mol. The highest BCUT2D eigenvalue weighted by atomic mass is 32.2. The van der Waals surface area contributed by atoms with E-state index in [0.717, 1.165) is 11.1 Å². The summed E-state index contributed by atoms with van der Waals surface area (Å²) >= 11 is 7.03. The van der Waals surface area contributed by atoms with Gasteiger partial charge in [-0.25, -0.2) is 5.10 Å². The molecule has 0 aliphatic heterocycles. The first-order valence-electron chi connectivity index (χ1n) is 8.27. The SMILES string of the molecule is COc1cc(-c2n[nH]c(=S)n2/N=C\c2ccc(SC)cc2)cc(OC)c1OC. The van der Waals surface area contributed by atoms with Crippen molar-refractivity contribution in [2.24, 2.45) is 5.10 Å². The van der Waals surface area contributed by atoms with Crippen molar-refractivity contribution in [3.63, 3.8) is 0 Å². The maximum absolute atomic E-state index is 5.42. The summed E-state index contributed by atoms with van der Waals surface area (Å²) in [5.41, 5.74) is 1.67. The van der Waals surface area contributed by atoms with Crippen molar-refractivity contribution in [1.29, 1.82) is 0 Å². The highest BCUT2D eigenvalue weighted by molar-refractivity contribution is 7.98. The van der Waals surface area contributed by atoms with Gasteiger partial charge in [-0.15, -0.1) is 11.8 Å². The van der Waals surface area contributed by atoms with E-state index in [4.69, 9.17) is 26.4 Å². The number of aromatic amines is 1. The second-order valence-corrected chi connectivity index (χ2v) is 6.86. The fourth-order valence-electron chi connectivity index (χ4n) is 2.61. The molecule has 9 heteroatoms. The largest absolute Gasteiger partial charge is 0.493 e. The molecule has 0 atom stereocenters. The molecule has 0 saturated carbocycles. The van der Waals surface area contributed by atoms with Crippen LogP contribution in [-0.2, 0) is 0 Å². The van der Waals surface area contributed by atoms with Gasteiger partial charge in [0.2, 0.25) is 10.5 Å². The Morgan fingerprint density at radius 1 is 1.07 bits per heavy atom. The third kappa shape index (κ3) is 4.05. The van der Waals surface area contributed by atoms with E-state index in [1.165, 1.54) is 4.90 Å². The maximum Gasteiger partial charge on any atom is 0.216 e. The molecule has 0 unspecified atom stereocenters. The summed E-state index contributed by atoms with van der Waals surface area (Å²) in [7, 11) is 4.69. The monoisotopic (exact) mass is 416 g/mol. The topological polar surface area (TPSA) is 73.7 Å². The number of nitrogens with zero attached hydrogens (tertiary/aromatic N) is 3. The molecule has 1 heterocycles. The van der Waals surface area contributed by atoms with Crippen molar-refractivity contribution in [2.75, 3.05) is 27.6 Å². The lowest BCUT2D eigenvalue weighted by Gasteiger charge is -2.13. The number of aromatic nitrogens is 3. The Morgan fingerprint density at radius 3 is 2.25 bits per heavy atom. The number of benzene rings is 2. The maximum atomic E-state index is 5.42. The molecule has 1 aromatic heterocycles. The number of hydrogen-bond donors (Lipinski definition) is 1. The molecule has 0 bridgehead atoms. The summed E-state index contributed by atoms with van der Waals surface area (Å²) < 4.78 is 18.1. The Labute approximate surface area is 172 Å². The second-order valence-electron chi connectivity index (χ2n) is 5.60. The number of methoxy groups -OCH3 is 3. The minimum absolute atomic E-state index is 0.376. The summed E-state index contributed by atoms with van der Waals surface area (Å²) in [4.78, 5) is 1.19. The Balaban J connectivity index is 2.03. The fraction of sp³-hybridized carbons (Fsp3) is 0.211. The van der Waals surface area contributed by atoms with Crippen molar-refractivity contribution >= 4 is 30.2 Å². The van der Waals surface area contributed by atoms with Gasteiger partial charge < -0.3 is 14.2 Å². The van der Waals surface area contributed by atoms with Gasteiger partial charge in [0.1, 0.15) is 0 Å². The lowest BCUT2D eigenvalue weighted by atomic mass is 10.1. The first-order chi connectivity index (χ1) is 13.6. The molecule has 1 N–H and O–H groups in total. The van der Waals surface area contributed by atoms with Crippen molar-refractivity contribution in [3.05, 3.63) is 46.7 Å². The van der Waals surface area contributed by atoms with Gasteiger partial charge in [0.05, 0.1) is 27.5 Å². The molecule has 2 aromatic carbocycles. The zero-order valence-corrected chi connectivity index (χ0v) is 17.6. The summed E-state index contributed by atoms with van der Waals surface area (Å²) in [5.74, 6) is 2.08. The third-order valence-electron chi connectivity index (χ3n) is 4.01. The van der Waals surface area contributed by atoms with Crippen LogP contribution in [0.1, 0.15) is 5.56 Å². The van der Waals surface area contributed by atoms with E-state index < -0.39 is 0 Å². The van der Waals surface area contributed by atoms with Crippen LogP contribution in [0, 0.1) is 4.77 Å². The van der Waals surface area contributed by atoms with E-state index in [-0.39, 0.29) is 0 Å². The number of H-pyrrole nitrogens is 1. The number of hydrogen-bond acceptors (Lipinski definition) is 7. The van der Waals surface area contributed by atoms with Crippen LogP contribution >= 0.6 is 24.0 Å². The van der Waals surface area contributed by atoms with Gasteiger partial charge in [0.25, 0.3) is 0 Å². The Bertz CT molecular complexity index is 1020. The Hall–Kier alpha value is -2.78. The molecular formula is C19H20N4O3S2. The highest BCUT2D eigenvalue weighted by Crippen LogP contribution is 2.40. The molecule has 0 aliphatic rings. The van der Waals surface area contributed by atoms with Gasteiger partial charge in [-0.1, -0.05) is 12.1 Å². The molecule has 0 saturated heterocycles. The lowest BCUT2D eigenvalue weighted by molar-refractivity contribution is 0.324. The average molecular weight is 417 g/mol. The molecule has 0 amide bonds. The van der Waals surface area contributed by atoms with Gasteiger partial charge in [-0.3, -0.25) is 0 Å². The molecule has 0 aliphatic carbocycles. The quantitative estimate of drug-likeness (QED) is 0.353. The van der Waals surface area contributed by atoms with Gasteiger partial charge in [0, 0.05) is 10.5 Å². The number of rotatable bonds is 7. The molecule has 3 aromatic rings. The smallest absolute Gasteiger partial charge is 0.216 e. The van der Waals surface area contributed by atoms with Crippen molar-refractivity contribution in [3.8, 4) is 28.6 Å². The van der Waals surface area contributed by atoms with E-state index >= 15 is 0 Å². The van der Waals surface area contributed by atoms with Crippen LogP contribution in [0.25, 0.3) is 11.4 Å². The van der Waals surface area contributed by atoms with Crippen LogP contribution in [-0.4, -0.2) is 48.7 Å². The first-order valence-corrected chi connectivity index (χ1v) is 9.90. The average Bonchev–Trinajstić information content (AvgIpc) is 3.11. The van der Waals surface area contributed by atoms with Crippen molar-refractivity contribution < 1.29 is 14.2 Å². The van der Waals surface area contributed by atoms with Crippen LogP contribution < -0.4 is 14.2 Å². The van der Waals surface area contributed by atoms with Crippen LogP contribution in [0.15, 0.2) is 46.4 Å². The predicted octanol–water partition coefficient (Wildman–Crippen LogP) is 4.24. The van der Waals surface area contributed by atoms with Crippen molar-refractivity contribution in [2.45, 2.75) is 4.90 Å². The highest BCUT2D eigenvalue weighted by Gasteiger charge is 2.17. The van der Waals surface area contributed by atoms with Crippen molar-refractivity contribution in [1.82, 2.24) is 14.9 Å². The van der Waals surface area contributed by atoms with E-state index in [9.17, 15) is 0 Å². The van der Waals surface area contributed by atoms with Gasteiger partial charge >= 0.3 is 0 Å². The Kier molecular flexibility index (Phi) is 6.37. The first kappa shape index (κ1) is 20.0. The zero-order chi connectivity index (χ0) is 20.1. The normalized spacial score (nSPS) is 11.0. The van der Waals surface area contributed by atoms with Gasteiger partial charge in [-0.2, -0.15) is 14.9 Å². The van der Waals surface area contributed by atoms with Crippen LogP contribution in [0.3, 0.4) is 0 Å². The third-order valence-corrected chi connectivity index (χ3v) is 5.02. The molecule has 146 valence electrons. The summed E-state index contributed by atoms with van der Waals surface area (Å²) in [5, 5.41) is 11.6. The molecule has 0 radical (unpaired) electrons. The molecule has 28 heavy (non-hydrogen) atoms. The second kappa shape index (κ2) is 8.94. The molecule has 0 spiro atoms. The number of nitrogens with one attached hydrogen (secondary N) is 1. The summed E-state index contributed by atoms with van der Waals surface area (Å²) in [6, 6.07) is 11.7. The molecule has 7 nitrogen and oxygen atoms in total. The summed E-state index contributed by atoms with van der Waals surface area (Å²) in [6.07, 6.45) is 3.77. The Morgan fingerprint density at radius 2 is 1.71 bits per heavy atom. The zero-order valence-electron chi connectivity index (χ0n) is 15.9. The summed E-state index contributed by atoms with van der Waals surface area (Å²) in [6.45, 7) is 0. The predicted molar refractivity (Wildman–Crippen MR) is 114 cm³/mol. The van der Waals surface area contributed by atoms with Crippen LogP contribution in [0.4, 0.5) is 0 Å². The minimum atomic E-state index is 0.376. The van der Waals surface area contributed by atoms with E-state index in [1.54, 1.807) is 56.1 Å². The van der Waals surface area contributed by atoms with Gasteiger partial charge in [0.15, 0.2) is 17.3 Å². The number of thioether (sulfide) groups is 1. The van der Waals surface area contributed by atoms with E-state index in [0.29, 0.717) is 27.8 Å². The van der Waals surface area contributed by atoms with Gasteiger partial charge in [-0.05, 0) is 48.3 Å². The standard InChI is InChI=1S/C19H20N4O3S2/c1-24-15-9-13(10-16(25-2)17(15)26-3)18-21-22-19(27)23(18)20-11-12-5-7-14(28-4)8-6-12/h5-11H,1-4H3,(H,22,27)/b20-11-. The minimum Gasteiger partial charge on any atom is -0.493 e. The molecule has 0 fully saturated rings. The van der Waals surface area contributed by atoms with Crippen LogP contribution in [0.2, 0.25) is 0 Å². The van der Waals surface area contributed by atoms with Crippen LogP contribution in [0.5, 0.6) is 17.2 Å². The van der Waals surface area contributed by atoms with E-state index in [2.05, 4.69) is 15.3 Å². The fourth-order valence-corrected chi connectivity index (χ4v) is 3.20.